The summed E-state index contributed by atoms with van der Waals surface area (Å²) >= 11 is 0. The largest absolute Gasteiger partial charge is 0.462 e. The van der Waals surface area contributed by atoms with Crippen LogP contribution in [0, 0.1) is 212 Å². The van der Waals surface area contributed by atoms with E-state index in [1.54, 1.807) is 0 Å². The molecule has 24 aliphatic rings. The third-order valence-corrected chi connectivity index (χ3v) is 38.7. The van der Waals surface area contributed by atoms with Crippen molar-refractivity contribution in [3.8, 4) is 0 Å². The van der Waals surface area contributed by atoms with Gasteiger partial charge in [0.2, 0.25) is 0 Å². The predicted octanol–water partition coefficient (Wildman–Crippen LogP) is 22.3. The molecule has 24 saturated carbocycles. The lowest BCUT2D eigenvalue weighted by Crippen LogP contribution is -2.60. The summed E-state index contributed by atoms with van der Waals surface area (Å²) in [4.78, 5) is 79.8. The number of rotatable bonds is 17. The van der Waals surface area contributed by atoms with Gasteiger partial charge in [0.15, 0.2) is 0 Å². The summed E-state index contributed by atoms with van der Waals surface area (Å²) in [5.74, 6) is 20.6. The van der Waals surface area contributed by atoms with Crippen LogP contribution < -0.4 is 0 Å². The Kier molecular flexibility index (Phi) is 23.1. The molecule has 25 atom stereocenters. The first-order valence-electron chi connectivity index (χ1n) is 44.6. The van der Waals surface area contributed by atoms with Gasteiger partial charge in [0, 0.05) is 0 Å². The van der Waals surface area contributed by atoms with Crippen LogP contribution in [0.1, 0.15) is 326 Å². The molecule has 24 fully saturated rings. The van der Waals surface area contributed by atoms with Gasteiger partial charge in [-0.2, -0.15) is 0 Å². The molecule has 0 amide bonds. The van der Waals surface area contributed by atoms with Gasteiger partial charge < -0.3 is 28.4 Å². The molecule has 0 radical (unpaired) electrons. The smallest absolute Gasteiger partial charge is 0.311 e. The van der Waals surface area contributed by atoms with E-state index in [9.17, 15) is 28.8 Å². The minimum atomic E-state index is -0.407. The Labute approximate surface area is 662 Å². The standard InChI is InChI=1S/C31H46O4.2C30H44O4.6CH4/c1-5-30(3,4)29(33)34-25-15-19-14-24(25)27-22-12-18(26(19)27)13-23(22)28(32)35-31(6-2)20-8-16-7-17(10-20)11-21(31)9-16;1-5-29(2,3)28(32)33-24-14-18-13-23(24)26-21-11-17(25(18)26)12-22(21)27(31)34-30(4)19-7-15-6-16(9-19)10-20(30)8-15;1-4-15(3)28(31)33-25-14-19-13-24(25)27-22-11-18(26(19)27)12-23(22)29(32)34-30(5-2)20-7-16-6-17(9-20)10-21(30)8-16;;;;;;/h16-27H,5-15H2,1-4H3;15-26H,5-14H2,1-4H3;15-27H,4-14H2,1-3H3;6*1H4. The second kappa shape index (κ2) is 30.1. The van der Waals surface area contributed by atoms with Crippen molar-refractivity contribution in [2.45, 2.75) is 361 Å². The van der Waals surface area contributed by atoms with E-state index in [1.165, 1.54) is 135 Å². The second-order valence-corrected chi connectivity index (χ2v) is 43.3. The SMILES string of the molecule is C.C.C.C.C.C.CCC(C)(C)C(=O)OC1CC2CC1C1C3CC(CC3C(=O)OC3(C)C4CC5CC(C4)CC3C5)C21.CCC(C)(C)C(=O)OC1CC2CC1C1C3CC(CC3C(=O)OC3(CC)C4CC5CC(C4)CC3C5)C21.CCC(C)C(=O)OC1CC2CC1C1C3CC(CC3C(=O)OC3(CC)C4CC5CC(C4)CC3C5)C21. The third kappa shape index (κ3) is 12.8. The van der Waals surface area contributed by atoms with Gasteiger partial charge in [-0.05, 0) is 418 Å². The minimum absolute atomic E-state index is 0. The van der Waals surface area contributed by atoms with Crippen molar-refractivity contribution in [3.63, 3.8) is 0 Å². The van der Waals surface area contributed by atoms with Crippen molar-refractivity contribution >= 4 is 35.8 Å². The highest BCUT2D eigenvalue weighted by Crippen LogP contribution is 2.74. The fourth-order valence-corrected chi connectivity index (χ4v) is 33.9. The summed E-state index contributed by atoms with van der Waals surface area (Å²) in [6, 6.07) is 0. The van der Waals surface area contributed by atoms with E-state index in [2.05, 4.69) is 41.5 Å². The zero-order chi connectivity index (χ0) is 71.2. The molecule has 0 saturated heterocycles. The molecule has 0 N–H and O–H groups in total. The van der Waals surface area contributed by atoms with Gasteiger partial charge in [-0.1, -0.05) is 86.1 Å². The molecule has 109 heavy (non-hydrogen) atoms. The van der Waals surface area contributed by atoms with Gasteiger partial charge in [0.05, 0.1) is 34.5 Å². The van der Waals surface area contributed by atoms with E-state index in [0.717, 1.165) is 124 Å². The average molecular weight is 1520 g/mol. The molecule has 0 aromatic heterocycles. The van der Waals surface area contributed by atoms with Crippen molar-refractivity contribution in [2.75, 3.05) is 0 Å². The molecule has 0 heterocycles. The number of ether oxygens (including phenoxy) is 6. The minimum Gasteiger partial charge on any atom is -0.462 e. The summed E-state index contributed by atoms with van der Waals surface area (Å²) in [6.45, 7) is 23.0. The molecule has 618 valence electrons. The van der Waals surface area contributed by atoms with Gasteiger partial charge in [0.25, 0.3) is 0 Å². The summed E-state index contributed by atoms with van der Waals surface area (Å²) in [7, 11) is 0. The lowest BCUT2D eigenvalue weighted by atomic mass is 9.49. The van der Waals surface area contributed by atoms with Crippen molar-refractivity contribution in [3.05, 3.63) is 0 Å². The number of esters is 6. The lowest BCUT2D eigenvalue weighted by Gasteiger charge is -2.60. The van der Waals surface area contributed by atoms with Crippen LogP contribution in [0.25, 0.3) is 0 Å². The van der Waals surface area contributed by atoms with Crippen LogP contribution in [0.4, 0.5) is 0 Å². The van der Waals surface area contributed by atoms with Crippen molar-refractivity contribution < 1.29 is 57.2 Å². The van der Waals surface area contributed by atoms with E-state index in [4.69, 9.17) is 28.4 Å². The van der Waals surface area contributed by atoms with Crippen molar-refractivity contribution in [1.82, 2.24) is 0 Å². The van der Waals surface area contributed by atoms with Crippen LogP contribution >= 0.6 is 0 Å². The molecule has 24 rings (SSSR count). The molecular weight excluding hydrogens is 1360 g/mol. The van der Waals surface area contributed by atoms with E-state index in [1.807, 2.05) is 34.6 Å². The van der Waals surface area contributed by atoms with Gasteiger partial charge >= 0.3 is 35.8 Å². The summed E-state index contributed by atoms with van der Waals surface area (Å²) in [6.07, 6.45) is 38.0. The Balaban J connectivity index is 0.000000140. The molecule has 24 aliphatic carbocycles. The zero-order valence-corrected chi connectivity index (χ0v) is 65.4. The second-order valence-electron chi connectivity index (χ2n) is 43.3. The number of carbonyl (C=O) groups excluding carboxylic acids is 6. The normalized spacial score (nSPS) is 50.7. The van der Waals surface area contributed by atoms with E-state index in [0.29, 0.717) is 124 Å². The average Bonchev–Trinajstić information content (AvgIpc) is 1.47. The predicted molar refractivity (Wildman–Crippen MR) is 430 cm³/mol. The highest BCUT2D eigenvalue weighted by molar-refractivity contribution is 5.78. The van der Waals surface area contributed by atoms with Crippen LogP contribution in [0.15, 0.2) is 0 Å². The highest BCUT2D eigenvalue weighted by Gasteiger charge is 2.72. The van der Waals surface area contributed by atoms with Crippen LogP contribution in [-0.4, -0.2) is 70.9 Å². The van der Waals surface area contributed by atoms with Crippen LogP contribution in [-0.2, 0) is 57.2 Å². The molecular formula is C97H158O12. The number of fused-ring (bicyclic) bond motifs is 27. The molecule has 0 aromatic rings. The highest BCUT2D eigenvalue weighted by atomic mass is 16.6. The fourth-order valence-electron chi connectivity index (χ4n) is 33.9. The van der Waals surface area contributed by atoms with Crippen molar-refractivity contribution in [1.29, 1.82) is 0 Å². The molecule has 0 spiro atoms. The summed E-state index contributed by atoms with van der Waals surface area (Å²) in [5.41, 5.74) is -1.38. The third-order valence-electron chi connectivity index (χ3n) is 38.7. The van der Waals surface area contributed by atoms with E-state index in [-0.39, 0.29) is 139 Å². The Morgan fingerprint density at radius 2 is 0.596 bits per heavy atom. The Morgan fingerprint density at radius 1 is 0.330 bits per heavy atom. The first-order chi connectivity index (χ1) is 49.3. The summed E-state index contributed by atoms with van der Waals surface area (Å²) in [5, 5.41) is 0. The Morgan fingerprint density at radius 3 is 0.881 bits per heavy atom. The maximum absolute atomic E-state index is 13.9. The topological polar surface area (TPSA) is 158 Å². The maximum Gasteiger partial charge on any atom is 0.311 e. The number of hydrogen-bond donors (Lipinski definition) is 0. The first-order valence-corrected chi connectivity index (χ1v) is 44.6. The van der Waals surface area contributed by atoms with Gasteiger partial charge in [-0.3, -0.25) is 28.8 Å². The maximum atomic E-state index is 13.9. The van der Waals surface area contributed by atoms with Crippen LogP contribution in [0.2, 0.25) is 0 Å². The van der Waals surface area contributed by atoms with E-state index >= 15 is 0 Å². The van der Waals surface area contributed by atoms with Crippen molar-refractivity contribution in [2.24, 2.45) is 212 Å². The molecule has 12 nitrogen and oxygen atoms in total. The van der Waals surface area contributed by atoms with Gasteiger partial charge in [-0.25, -0.2) is 0 Å². The zero-order valence-electron chi connectivity index (χ0n) is 65.4. The van der Waals surface area contributed by atoms with Gasteiger partial charge in [0.1, 0.15) is 35.1 Å². The Hall–Kier alpha value is -3.18. The van der Waals surface area contributed by atoms with Crippen LogP contribution in [0.5, 0.6) is 0 Å². The molecule has 0 aliphatic heterocycles. The lowest BCUT2D eigenvalue weighted by molar-refractivity contribution is -0.217. The fraction of sp³-hybridized carbons (Fsp3) is 0.938. The monoisotopic (exact) mass is 1520 g/mol. The Bertz CT molecular complexity index is 3260. The molecule has 0 aromatic carbocycles. The molecule has 12 heteroatoms. The number of carbonyl (C=O) groups is 6. The quantitative estimate of drug-likeness (QED) is 0.0772. The van der Waals surface area contributed by atoms with E-state index < -0.39 is 10.8 Å². The molecule has 24 bridgehead atoms. The summed E-state index contributed by atoms with van der Waals surface area (Å²) < 4.78 is 38.5. The van der Waals surface area contributed by atoms with Gasteiger partial charge in [-0.15, -0.1) is 0 Å². The molecule has 25 unspecified atom stereocenters. The first kappa shape index (κ1) is 83.8. The number of hydrogen-bond acceptors (Lipinski definition) is 12. The van der Waals surface area contributed by atoms with Crippen LogP contribution in [0.3, 0.4) is 0 Å².